The van der Waals surface area contributed by atoms with Gasteiger partial charge >= 0.3 is 0 Å². The van der Waals surface area contributed by atoms with Crippen molar-refractivity contribution in [2.45, 2.75) is 39.4 Å². The maximum absolute atomic E-state index is 13.4. The van der Waals surface area contributed by atoms with Crippen LogP contribution in [0.15, 0.2) is 84.9 Å². The van der Waals surface area contributed by atoms with Gasteiger partial charge in [0.15, 0.2) is 0 Å². The number of hydrogen-bond acceptors (Lipinski definition) is 3. The van der Waals surface area contributed by atoms with Gasteiger partial charge in [-0.2, -0.15) is 5.10 Å². The molecular formula is C30H31FN4O. The van der Waals surface area contributed by atoms with Crippen LogP contribution in [0.25, 0.3) is 5.69 Å². The van der Waals surface area contributed by atoms with E-state index >= 15 is 0 Å². The predicted molar refractivity (Wildman–Crippen MR) is 139 cm³/mol. The summed E-state index contributed by atoms with van der Waals surface area (Å²) >= 11 is 0. The van der Waals surface area contributed by atoms with Gasteiger partial charge in [0.25, 0.3) is 0 Å². The van der Waals surface area contributed by atoms with Crippen LogP contribution in [-0.2, 0) is 37.3 Å². The first-order chi connectivity index (χ1) is 17.6. The van der Waals surface area contributed by atoms with Crippen molar-refractivity contribution in [1.82, 2.24) is 19.6 Å². The molecule has 3 aromatic carbocycles. The van der Waals surface area contributed by atoms with Crippen molar-refractivity contribution in [2.75, 3.05) is 13.1 Å². The normalized spacial score (nSPS) is 13.4. The van der Waals surface area contributed by atoms with Gasteiger partial charge in [-0.15, -0.1) is 0 Å². The second kappa shape index (κ2) is 10.9. The fourth-order valence-electron chi connectivity index (χ4n) is 4.87. The lowest BCUT2D eigenvalue weighted by Gasteiger charge is -2.28. The van der Waals surface area contributed by atoms with Crippen LogP contribution in [0, 0.1) is 5.82 Å². The summed E-state index contributed by atoms with van der Waals surface area (Å²) < 4.78 is 15.4. The minimum absolute atomic E-state index is 0.102. The Kier molecular flexibility index (Phi) is 7.23. The molecule has 0 unspecified atom stereocenters. The molecule has 5 nitrogen and oxygen atoms in total. The fourth-order valence-corrected chi connectivity index (χ4v) is 4.87. The van der Waals surface area contributed by atoms with E-state index < -0.39 is 0 Å². The van der Waals surface area contributed by atoms with E-state index in [1.807, 2.05) is 72.5 Å². The topological polar surface area (TPSA) is 41.4 Å². The summed E-state index contributed by atoms with van der Waals surface area (Å²) in [5.41, 5.74) is 6.48. The summed E-state index contributed by atoms with van der Waals surface area (Å²) in [5, 5.41) is 5.04. The largest absolute Gasteiger partial charge is 0.337 e. The molecule has 5 rings (SSSR count). The molecule has 1 amide bonds. The molecule has 0 aliphatic carbocycles. The van der Waals surface area contributed by atoms with Gasteiger partial charge in [0.2, 0.25) is 5.91 Å². The average Bonchev–Trinajstić information content (AvgIpc) is 3.27. The van der Waals surface area contributed by atoms with Crippen LogP contribution in [0.3, 0.4) is 0 Å². The fraction of sp³-hybridized carbons (Fsp3) is 0.267. The predicted octanol–water partition coefficient (Wildman–Crippen LogP) is 5.16. The van der Waals surface area contributed by atoms with Crippen molar-refractivity contribution in [2.24, 2.45) is 0 Å². The summed E-state index contributed by atoms with van der Waals surface area (Å²) in [5.74, 6) is -0.114. The first-order valence-electron chi connectivity index (χ1n) is 12.5. The summed E-state index contributed by atoms with van der Waals surface area (Å²) in [6.45, 7) is 5.52. The molecule has 0 saturated carbocycles. The lowest BCUT2D eigenvalue weighted by molar-refractivity contribution is -0.130. The first kappa shape index (κ1) is 23.9. The minimum atomic E-state index is -0.217. The highest BCUT2D eigenvalue weighted by Gasteiger charge is 2.27. The lowest BCUT2D eigenvalue weighted by atomic mass is 10.0. The number of hydrogen-bond donors (Lipinski definition) is 0. The van der Waals surface area contributed by atoms with Crippen molar-refractivity contribution in [1.29, 1.82) is 0 Å². The minimum Gasteiger partial charge on any atom is -0.337 e. The Bertz CT molecular complexity index is 1300. The Morgan fingerprint density at radius 2 is 1.64 bits per heavy atom. The maximum Gasteiger partial charge on any atom is 0.227 e. The number of carbonyl (C=O) groups is 1. The van der Waals surface area contributed by atoms with Crippen molar-refractivity contribution in [3.05, 3.63) is 119 Å². The number of amides is 1. The molecule has 0 atom stereocenters. The standard InChI is InChI=1S/C30H31FN4O/c1-2-34(30(36)19-23-9-5-3-6-10-23)22-28-27-21-33(20-24-13-15-25(31)16-14-24)18-17-29(27)35(32-28)26-11-7-4-8-12-26/h3-16H,2,17-22H2,1H3. The Morgan fingerprint density at radius 3 is 2.33 bits per heavy atom. The molecule has 6 heteroatoms. The van der Waals surface area contributed by atoms with Gasteiger partial charge in [-0.1, -0.05) is 60.7 Å². The van der Waals surface area contributed by atoms with Crippen molar-refractivity contribution < 1.29 is 9.18 Å². The van der Waals surface area contributed by atoms with Crippen LogP contribution in [0.5, 0.6) is 0 Å². The number of rotatable bonds is 8. The van der Waals surface area contributed by atoms with Crippen molar-refractivity contribution >= 4 is 5.91 Å². The number of para-hydroxylation sites is 1. The molecule has 0 radical (unpaired) electrons. The Morgan fingerprint density at radius 1 is 0.944 bits per heavy atom. The van der Waals surface area contributed by atoms with Gasteiger partial charge in [0, 0.05) is 38.2 Å². The van der Waals surface area contributed by atoms with Gasteiger partial charge < -0.3 is 4.90 Å². The molecule has 0 saturated heterocycles. The van der Waals surface area contributed by atoms with Gasteiger partial charge in [-0.3, -0.25) is 9.69 Å². The zero-order valence-corrected chi connectivity index (χ0v) is 20.6. The van der Waals surface area contributed by atoms with Crippen molar-refractivity contribution in [3.8, 4) is 5.69 Å². The highest BCUT2D eigenvalue weighted by molar-refractivity contribution is 5.78. The molecule has 0 spiro atoms. The van der Waals surface area contributed by atoms with Crippen LogP contribution < -0.4 is 0 Å². The zero-order chi connectivity index (χ0) is 24.9. The molecule has 0 fully saturated rings. The first-order valence-corrected chi connectivity index (χ1v) is 12.5. The zero-order valence-electron chi connectivity index (χ0n) is 20.6. The van der Waals surface area contributed by atoms with E-state index in [1.165, 1.54) is 23.4 Å². The lowest BCUT2D eigenvalue weighted by Crippen LogP contribution is -2.33. The smallest absolute Gasteiger partial charge is 0.227 e. The summed E-state index contributed by atoms with van der Waals surface area (Å²) in [7, 11) is 0. The van der Waals surface area contributed by atoms with Gasteiger partial charge in [0.1, 0.15) is 5.82 Å². The van der Waals surface area contributed by atoms with E-state index in [0.29, 0.717) is 19.5 Å². The summed E-state index contributed by atoms with van der Waals surface area (Å²) in [6.07, 6.45) is 1.25. The van der Waals surface area contributed by atoms with Crippen LogP contribution in [0.4, 0.5) is 4.39 Å². The van der Waals surface area contributed by atoms with E-state index in [9.17, 15) is 9.18 Å². The second-order valence-corrected chi connectivity index (χ2v) is 9.28. The quantitative estimate of drug-likeness (QED) is 0.348. The average molecular weight is 483 g/mol. The van der Waals surface area contributed by atoms with Crippen LogP contribution in [0.2, 0.25) is 0 Å². The van der Waals surface area contributed by atoms with E-state index in [-0.39, 0.29) is 11.7 Å². The van der Waals surface area contributed by atoms with Gasteiger partial charge in [-0.25, -0.2) is 9.07 Å². The third-order valence-electron chi connectivity index (χ3n) is 6.81. The van der Waals surface area contributed by atoms with Crippen LogP contribution in [0.1, 0.15) is 35.0 Å². The number of halogens is 1. The number of fused-ring (bicyclic) bond motifs is 1. The van der Waals surface area contributed by atoms with E-state index in [1.54, 1.807) is 0 Å². The number of carbonyl (C=O) groups excluding carboxylic acids is 1. The van der Waals surface area contributed by atoms with E-state index in [2.05, 4.69) is 21.7 Å². The molecular weight excluding hydrogens is 451 g/mol. The third-order valence-corrected chi connectivity index (χ3v) is 6.81. The highest BCUT2D eigenvalue weighted by Crippen LogP contribution is 2.27. The SMILES string of the molecule is CCN(Cc1nn(-c2ccccc2)c2c1CN(Cc1ccc(F)cc1)CC2)C(=O)Cc1ccccc1. The van der Waals surface area contributed by atoms with Crippen molar-refractivity contribution in [3.63, 3.8) is 0 Å². The molecule has 36 heavy (non-hydrogen) atoms. The van der Waals surface area contributed by atoms with E-state index in [0.717, 1.165) is 48.6 Å². The Balaban J connectivity index is 1.41. The molecule has 0 N–H and O–H groups in total. The monoisotopic (exact) mass is 482 g/mol. The maximum atomic E-state index is 13.4. The molecule has 1 aliphatic heterocycles. The molecule has 0 bridgehead atoms. The van der Waals surface area contributed by atoms with Crippen LogP contribution >= 0.6 is 0 Å². The molecule has 1 aliphatic rings. The summed E-state index contributed by atoms with van der Waals surface area (Å²) in [6, 6.07) is 26.8. The number of benzene rings is 3. The van der Waals surface area contributed by atoms with E-state index in [4.69, 9.17) is 5.10 Å². The number of nitrogens with zero attached hydrogens (tertiary/aromatic N) is 4. The molecule has 1 aromatic heterocycles. The Hall–Kier alpha value is -3.77. The van der Waals surface area contributed by atoms with Crippen LogP contribution in [-0.4, -0.2) is 38.6 Å². The second-order valence-electron chi connectivity index (χ2n) is 9.28. The molecule has 2 heterocycles. The number of likely N-dealkylation sites (N-methyl/N-ethyl adjacent to an activating group) is 1. The summed E-state index contributed by atoms with van der Waals surface area (Å²) in [4.78, 5) is 17.4. The third kappa shape index (κ3) is 5.39. The van der Waals surface area contributed by atoms with Gasteiger partial charge in [-0.05, 0) is 42.3 Å². The van der Waals surface area contributed by atoms with Gasteiger partial charge in [0.05, 0.1) is 30.0 Å². The molecule has 4 aromatic rings. The number of aromatic nitrogens is 2. The Labute approximate surface area is 211 Å². The highest BCUT2D eigenvalue weighted by atomic mass is 19.1. The molecule has 184 valence electrons.